The van der Waals surface area contributed by atoms with Gasteiger partial charge in [0, 0.05) is 48.1 Å². The van der Waals surface area contributed by atoms with Crippen LogP contribution in [-0.4, -0.2) is 53.7 Å². The Labute approximate surface area is 212 Å². The van der Waals surface area contributed by atoms with Crippen LogP contribution in [-0.2, 0) is 6.54 Å². The zero-order valence-electron chi connectivity index (χ0n) is 19.1. The largest absolute Gasteiger partial charge is 0.454 e. The van der Waals surface area contributed by atoms with Crippen molar-refractivity contribution < 1.29 is 14.3 Å². The monoisotopic (exact) mass is 529 g/mol. The van der Waals surface area contributed by atoms with Crippen LogP contribution >= 0.6 is 15.9 Å². The molecule has 2 aliphatic rings. The molecule has 0 spiro atoms. The van der Waals surface area contributed by atoms with Gasteiger partial charge in [-0.25, -0.2) is 4.98 Å². The van der Waals surface area contributed by atoms with E-state index in [4.69, 9.17) is 14.5 Å². The molecule has 6 nitrogen and oxygen atoms in total. The van der Waals surface area contributed by atoms with Crippen molar-refractivity contribution in [3.05, 3.63) is 88.4 Å². The number of pyridine rings is 1. The highest BCUT2D eigenvalue weighted by atomic mass is 79.9. The number of hydrogen-bond acceptors (Lipinski definition) is 5. The van der Waals surface area contributed by atoms with E-state index in [-0.39, 0.29) is 12.7 Å². The molecule has 4 aromatic rings. The number of para-hydroxylation sites is 1. The molecule has 176 valence electrons. The Hall–Kier alpha value is -3.42. The number of benzene rings is 3. The van der Waals surface area contributed by atoms with Crippen LogP contribution in [0.3, 0.4) is 0 Å². The molecule has 0 N–H and O–H groups in total. The summed E-state index contributed by atoms with van der Waals surface area (Å²) in [6, 6.07) is 23.9. The highest BCUT2D eigenvalue weighted by Crippen LogP contribution is 2.33. The van der Waals surface area contributed by atoms with E-state index >= 15 is 0 Å². The highest BCUT2D eigenvalue weighted by Gasteiger charge is 2.25. The SMILES string of the molecule is O=C(c1cc(-c2ccc(Br)cc2)nc2ccccc12)N1CCN(Cc2ccc3c(c2)OCO3)CC1. The smallest absolute Gasteiger partial charge is 0.254 e. The van der Waals surface area contributed by atoms with Crippen molar-refractivity contribution in [1.82, 2.24) is 14.8 Å². The molecule has 0 aliphatic carbocycles. The van der Waals surface area contributed by atoms with Crippen LogP contribution < -0.4 is 9.47 Å². The topological polar surface area (TPSA) is 54.9 Å². The number of aromatic nitrogens is 1. The molecule has 1 aromatic heterocycles. The van der Waals surface area contributed by atoms with Crippen LogP contribution in [0, 0.1) is 0 Å². The first-order valence-electron chi connectivity index (χ1n) is 11.7. The third-order valence-electron chi connectivity index (χ3n) is 6.59. The van der Waals surface area contributed by atoms with E-state index in [0.29, 0.717) is 18.7 Å². The minimum absolute atomic E-state index is 0.0599. The second kappa shape index (κ2) is 9.32. The van der Waals surface area contributed by atoms with Crippen molar-refractivity contribution in [2.45, 2.75) is 6.54 Å². The van der Waals surface area contributed by atoms with Gasteiger partial charge in [0.15, 0.2) is 11.5 Å². The van der Waals surface area contributed by atoms with Gasteiger partial charge in [0.2, 0.25) is 6.79 Å². The fourth-order valence-electron chi connectivity index (χ4n) is 4.70. The fourth-order valence-corrected chi connectivity index (χ4v) is 4.96. The summed E-state index contributed by atoms with van der Waals surface area (Å²) in [6.07, 6.45) is 0. The maximum absolute atomic E-state index is 13.7. The lowest BCUT2D eigenvalue weighted by Gasteiger charge is -2.35. The van der Waals surface area contributed by atoms with Crippen molar-refractivity contribution in [2.75, 3.05) is 33.0 Å². The number of rotatable bonds is 4. The van der Waals surface area contributed by atoms with Crippen molar-refractivity contribution in [1.29, 1.82) is 0 Å². The molecule has 7 heteroatoms. The van der Waals surface area contributed by atoms with Gasteiger partial charge in [0.1, 0.15) is 0 Å². The second-order valence-electron chi connectivity index (χ2n) is 8.84. The van der Waals surface area contributed by atoms with Gasteiger partial charge in [0.25, 0.3) is 5.91 Å². The first-order chi connectivity index (χ1) is 17.1. The van der Waals surface area contributed by atoms with Crippen LogP contribution in [0.25, 0.3) is 22.2 Å². The average molecular weight is 530 g/mol. The molecule has 2 aliphatic heterocycles. The quantitative estimate of drug-likeness (QED) is 0.356. The number of fused-ring (bicyclic) bond motifs is 2. The standard InChI is InChI=1S/C28H24BrN3O3/c29-21-8-6-20(7-9-21)25-16-23(22-3-1-2-4-24(22)30-25)28(33)32-13-11-31(12-14-32)17-19-5-10-26-27(15-19)35-18-34-26/h1-10,15-16H,11-14,17-18H2. The van der Waals surface area contributed by atoms with Crippen molar-refractivity contribution in [3.8, 4) is 22.8 Å². The predicted octanol–water partition coefficient (Wildman–Crippen LogP) is 5.35. The zero-order chi connectivity index (χ0) is 23.8. The highest BCUT2D eigenvalue weighted by molar-refractivity contribution is 9.10. The van der Waals surface area contributed by atoms with Crippen LogP contribution in [0.4, 0.5) is 0 Å². The first-order valence-corrected chi connectivity index (χ1v) is 12.5. The van der Waals surface area contributed by atoms with E-state index in [1.165, 1.54) is 5.56 Å². The molecule has 1 saturated heterocycles. The van der Waals surface area contributed by atoms with Crippen molar-refractivity contribution >= 4 is 32.7 Å². The molecular formula is C28H24BrN3O3. The Balaban J connectivity index is 1.20. The first kappa shape index (κ1) is 22.1. The summed E-state index contributed by atoms with van der Waals surface area (Å²) >= 11 is 3.49. The number of piperazine rings is 1. The molecule has 0 saturated carbocycles. The Morgan fingerprint density at radius 1 is 0.886 bits per heavy atom. The summed E-state index contributed by atoms with van der Waals surface area (Å²) in [6.45, 7) is 4.13. The van der Waals surface area contributed by atoms with Crippen LogP contribution in [0.5, 0.6) is 11.5 Å². The lowest BCUT2D eigenvalue weighted by Crippen LogP contribution is -2.48. The van der Waals surface area contributed by atoms with Crippen LogP contribution in [0.15, 0.2) is 77.3 Å². The summed E-state index contributed by atoms with van der Waals surface area (Å²) in [7, 11) is 0. The van der Waals surface area contributed by atoms with Gasteiger partial charge in [-0.05, 0) is 42.0 Å². The number of ether oxygens (including phenoxy) is 2. The molecule has 1 amide bonds. The molecule has 35 heavy (non-hydrogen) atoms. The normalized spacial score (nSPS) is 15.5. The maximum Gasteiger partial charge on any atom is 0.254 e. The number of carbonyl (C=O) groups is 1. The fraction of sp³-hybridized carbons (Fsp3) is 0.214. The Morgan fingerprint density at radius 3 is 2.49 bits per heavy atom. The molecule has 0 unspecified atom stereocenters. The maximum atomic E-state index is 13.7. The summed E-state index contributed by atoms with van der Waals surface area (Å²) in [5, 5.41) is 0.890. The number of hydrogen-bond donors (Lipinski definition) is 0. The third kappa shape index (κ3) is 4.49. The van der Waals surface area contributed by atoms with E-state index in [9.17, 15) is 4.79 Å². The lowest BCUT2D eigenvalue weighted by molar-refractivity contribution is 0.0630. The van der Waals surface area contributed by atoms with Gasteiger partial charge in [-0.2, -0.15) is 0 Å². The third-order valence-corrected chi connectivity index (χ3v) is 7.12. The summed E-state index contributed by atoms with van der Waals surface area (Å²) in [4.78, 5) is 22.9. The van der Waals surface area contributed by atoms with Gasteiger partial charge >= 0.3 is 0 Å². The molecule has 0 atom stereocenters. The summed E-state index contributed by atoms with van der Waals surface area (Å²) in [5.74, 6) is 1.67. The number of carbonyl (C=O) groups excluding carboxylic acids is 1. The van der Waals surface area contributed by atoms with E-state index in [2.05, 4.69) is 26.9 Å². The van der Waals surface area contributed by atoms with Crippen LogP contribution in [0.1, 0.15) is 15.9 Å². The summed E-state index contributed by atoms with van der Waals surface area (Å²) in [5.41, 5.74) is 4.52. The molecule has 0 radical (unpaired) electrons. The molecule has 3 heterocycles. The van der Waals surface area contributed by atoms with E-state index in [1.807, 2.05) is 71.6 Å². The molecule has 1 fully saturated rings. The Morgan fingerprint density at radius 2 is 1.66 bits per heavy atom. The van der Waals surface area contributed by atoms with Gasteiger partial charge in [-0.15, -0.1) is 0 Å². The van der Waals surface area contributed by atoms with Crippen molar-refractivity contribution in [3.63, 3.8) is 0 Å². The van der Waals surface area contributed by atoms with Crippen molar-refractivity contribution in [2.24, 2.45) is 0 Å². The van der Waals surface area contributed by atoms with E-state index in [0.717, 1.165) is 57.8 Å². The molecule has 0 bridgehead atoms. The second-order valence-corrected chi connectivity index (χ2v) is 9.75. The number of nitrogens with zero attached hydrogens (tertiary/aromatic N) is 3. The lowest BCUT2D eigenvalue weighted by atomic mass is 10.0. The molecule has 6 rings (SSSR count). The Kier molecular flexibility index (Phi) is 5.88. The van der Waals surface area contributed by atoms with E-state index < -0.39 is 0 Å². The predicted molar refractivity (Wildman–Crippen MR) is 139 cm³/mol. The minimum Gasteiger partial charge on any atom is -0.454 e. The van der Waals surface area contributed by atoms with E-state index in [1.54, 1.807) is 0 Å². The molecule has 3 aromatic carbocycles. The van der Waals surface area contributed by atoms with Gasteiger partial charge in [-0.3, -0.25) is 9.69 Å². The summed E-state index contributed by atoms with van der Waals surface area (Å²) < 4.78 is 11.9. The zero-order valence-corrected chi connectivity index (χ0v) is 20.7. The average Bonchev–Trinajstić information content (AvgIpc) is 3.36. The van der Waals surface area contributed by atoms with Gasteiger partial charge < -0.3 is 14.4 Å². The minimum atomic E-state index is 0.0599. The van der Waals surface area contributed by atoms with Gasteiger partial charge in [-0.1, -0.05) is 52.3 Å². The number of amides is 1. The number of halogens is 1. The molecular weight excluding hydrogens is 506 g/mol. The Bertz CT molecular complexity index is 1400. The van der Waals surface area contributed by atoms with Crippen LogP contribution in [0.2, 0.25) is 0 Å². The van der Waals surface area contributed by atoms with Gasteiger partial charge in [0.05, 0.1) is 16.8 Å².